The molecule has 43 heavy (non-hydrogen) atoms. The van der Waals surface area contributed by atoms with Gasteiger partial charge in [-0.15, -0.1) is 10.2 Å². The van der Waals surface area contributed by atoms with E-state index in [2.05, 4.69) is 30.9 Å². The number of fused-ring (bicyclic) bond motifs is 1. The molecule has 6 rings (SSSR count). The highest BCUT2D eigenvalue weighted by atomic mass is 19.1. The first-order valence-electron chi connectivity index (χ1n) is 14.7. The molecule has 1 aliphatic carbocycles. The molecule has 2 N–H and O–H groups in total. The second-order valence-corrected chi connectivity index (χ2v) is 10.7. The van der Waals surface area contributed by atoms with Crippen LogP contribution < -0.4 is 5.32 Å². The molecule has 0 atom stereocenters. The maximum absolute atomic E-state index is 14.8. The Balaban J connectivity index is 0.00000102. The molecule has 11 nitrogen and oxygen atoms in total. The molecule has 0 bridgehead atoms. The average Bonchev–Trinajstić information content (AvgIpc) is 3.37. The molecule has 4 aromatic heterocycles. The minimum absolute atomic E-state index is 0.170. The lowest BCUT2D eigenvalue weighted by atomic mass is 10.1. The number of hydrogen-bond acceptors (Lipinski definition) is 7. The number of aromatic nitrogens is 8. The van der Waals surface area contributed by atoms with E-state index in [0.717, 1.165) is 29.7 Å². The zero-order valence-corrected chi connectivity index (χ0v) is 26.1. The van der Waals surface area contributed by atoms with Crippen LogP contribution in [0.5, 0.6) is 0 Å². The largest absolute Gasteiger partial charge is 0.389 e. The zero-order chi connectivity index (χ0) is 31.5. The summed E-state index contributed by atoms with van der Waals surface area (Å²) in [6.45, 7) is 15.4. The fraction of sp³-hybridized carbons (Fsp3) is 0.419. The normalized spacial score (nSPS) is 12.8. The highest BCUT2D eigenvalue weighted by Crippen LogP contribution is 2.34. The lowest BCUT2D eigenvalue weighted by molar-refractivity contribution is 0.0577. The van der Waals surface area contributed by atoms with Crippen LogP contribution in [0.15, 0.2) is 42.9 Å². The Morgan fingerprint density at radius 2 is 1.81 bits per heavy atom. The van der Waals surface area contributed by atoms with Gasteiger partial charge in [0, 0.05) is 23.6 Å². The Hall–Kier alpha value is -4.45. The quantitative estimate of drug-likeness (QED) is 0.238. The predicted molar refractivity (Wildman–Crippen MR) is 164 cm³/mol. The number of rotatable bonds is 7. The van der Waals surface area contributed by atoms with Gasteiger partial charge in [0.25, 0.3) is 5.91 Å². The number of aliphatic hydroxyl groups is 1. The Morgan fingerprint density at radius 3 is 2.49 bits per heavy atom. The molecule has 1 aromatic carbocycles. The average molecular weight is 590 g/mol. The van der Waals surface area contributed by atoms with Gasteiger partial charge in [-0.3, -0.25) is 9.48 Å². The topological polar surface area (TPSA) is 128 Å². The third-order valence-corrected chi connectivity index (χ3v) is 6.68. The molecular weight excluding hydrogens is 549 g/mol. The van der Waals surface area contributed by atoms with E-state index in [0.29, 0.717) is 28.9 Å². The van der Waals surface area contributed by atoms with Crippen molar-refractivity contribution >= 4 is 17.1 Å². The number of pyridine rings is 1. The fourth-order valence-corrected chi connectivity index (χ4v) is 4.56. The summed E-state index contributed by atoms with van der Waals surface area (Å²) in [4.78, 5) is 14.9. The summed E-state index contributed by atoms with van der Waals surface area (Å²) in [6.07, 6.45) is 7.13. The van der Waals surface area contributed by atoms with Gasteiger partial charge >= 0.3 is 0 Å². The van der Waals surface area contributed by atoms with E-state index in [9.17, 15) is 14.3 Å². The van der Waals surface area contributed by atoms with Crippen molar-refractivity contribution in [2.24, 2.45) is 0 Å². The molecule has 4 heterocycles. The molecule has 1 aliphatic rings. The second-order valence-electron chi connectivity index (χ2n) is 10.7. The molecule has 0 saturated heterocycles. The van der Waals surface area contributed by atoms with Gasteiger partial charge in [-0.1, -0.05) is 27.7 Å². The first-order chi connectivity index (χ1) is 20.6. The van der Waals surface area contributed by atoms with Crippen LogP contribution in [0.25, 0.3) is 28.0 Å². The minimum Gasteiger partial charge on any atom is -0.389 e. The predicted octanol–water partition coefficient (Wildman–Crippen LogP) is 6.02. The maximum Gasteiger partial charge on any atom is 0.259 e. The molecule has 0 unspecified atom stereocenters. The first-order valence-corrected chi connectivity index (χ1v) is 14.7. The van der Waals surface area contributed by atoms with Crippen LogP contribution in [0.2, 0.25) is 0 Å². The number of nitrogens with one attached hydrogen (secondary N) is 1. The highest BCUT2D eigenvalue weighted by Gasteiger charge is 2.27. The number of tetrazole rings is 1. The van der Waals surface area contributed by atoms with Gasteiger partial charge in [0.05, 0.1) is 46.7 Å². The van der Waals surface area contributed by atoms with Crippen molar-refractivity contribution in [3.8, 4) is 22.5 Å². The van der Waals surface area contributed by atoms with Crippen LogP contribution in [0.3, 0.4) is 0 Å². The number of benzene rings is 1. The third kappa shape index (κ3) is 6.96. The van der Waals surface area contributed by atoms with Crippen molar-refractivity contribution < 1.29 is 14.3 Å². The standard InChI is InChI=1S/C27H28FN9O2.2C2H6/c1-15-9-22(28)19(25-31-34-37(33-25)18-5-6-18)11-23(15)30-26(38)20-12-29-36-8-7-17(10-24(20)36)21-13-35(32-16(21)2)14-27(3,4)39;2*1-2/h7-13,18,39H,5-6,14H2,1-4H3,(H,30,38);2*1-2H3. The van der Waals surface area contributed by atoms with Crippen LogP contribution in [0, 0.1) is 19.7 Å². The second kappa shape index (κ2) is 12.8. The van der Waals surface area contributed by atoms with E-state index in [1.807, 2.05) is 52.9 Å². The molecule has 0 aliphatic heterocycles. The Morgan fingerprint density at radius 1 is 1.09 bits per heavy atom. The fourth-order valence-electron chi connectivity index (χ4n) is 4.56. The van der Waals surface area contributed by atoms with Crippen molar-refractivity contribution in [3.63, 3.8) is 0 Å². The summed E-state index contributed by atoms with van der Waals surface area (Å²) < 4.78 is 18.2. The number of carbonyl (C=O) groups is 1. The van der Waals surface area contributed by atoms with Crippen molar-refractivity contribution in [2.45, 2.75) is 86.4 Å². The molecule has 228 valence electrons. The van der Waals surface area contributed by atoms with Crippen molar-refractivity contribution in [2.75, 3.05) is 5.32 Å². The van der Waals surface area contributed by atoms with Gasteiger partial charge in [0.2, 0.25) is 5.82 Å². The van der Waals surface area contributed by atoms with Gasteiger partial charge < -0.3 is 10.4 Å². The summed E-state index contributed by atoms with van der Waals surface area (Å²) >= 11 is 0. The van der Waals surface area contributed by atoms with Crippen molar-refractivity contribution in [1.29, 1.82) is 0 Å². The number of hydrogen-bond donors (Lipinski definition) is 2. The van der Waals surface area contributed by atoms with Crippen LogP contribution in [-0.4, -0.2) is 56.2 Å². The summed E-state index contributed by atoms with van der Waals surface area (Å²) in [5, 5.41) is 34.3. The Bertz CT molecular complexity index is 1720. The van der Waals surface area contributed by atoms with Crippen LogP contribution >= 0.6 is 0 Å². The van der Waals surface area contributed by atoms with Gasteiger partial charge in [-0.25, -0.2) is 8.91 Å². The van der Waals surface area contributed by atoms with E-state index in [1.165, 1.54) is 23.1 Å². The zero-order valence-electron chi connectivity index (χ0n) is 26.1. The number of amides is 1. The molecule has 5 aromatic rings. The van der Waals surface area contributed by atoms with Gasteiger partial charge in [-0.05, 0) is 81.1 Å². The monoisotopic (exact) mass is 589 g/mol. The van der Waals surface area contributed by atoms with Crippen molar-refractivity contribution in [1.82, 2.24) is 39.6 Å². The smallest absolute Gasteiger partial charge is 0.259 e. The summed E-state index contributed by atoms with van der Waals surface area (Å²) in [5.41, 5.74) is 3.79. The number of aryl methyl sites for hydroxylation is 2. The van der Waals surface area contributed by atoms with Crippen LogP contribution in [0.4, 0.5) is 10.1 Å². The molecule has 1 fully saturated rings. The van der Waals surface area contributed by atoms with E-state index in [-0.39, 0.29) is 23.3 Å². The van der Waals surface area contributed by atoms with Crippen molar-refractivity contribution in [3.05, 3.63) is 65.5 Å². The Kier molecular flexibility index (Phi) is 9.39. The maximum atomic E-state index is 14.8. The number of nitrogens with zero attached hydrogens (tertiary/aromatic N) is 8. The highest BCUT2D eigenvalue weighted by molar-refractivity contribution is 6.09. The van der Waals surface area contributed by atoms with Gasteiger partial charge in [0.1, 0.15) is 5.82 Å². The van der Waals surface area contributed by atoms with Crippen LogP contribution in [0.1, 0.15) is 82.0 Å². The van der Waals surface area contributed by atoms with Gasteiger partial charge in [0.15, 0.2) is 0 Å². The molecule has 1 saturated carbocycles. The molecule has 1 amide bonds. The molecule has 0 spiro atoms. The van der Waals surface area contributed by atoms with E-state index in [1.54, 1.807) is 36.2 Å². The first kappa shape index (κ1) is 31.5. The lowest BCUT2D eigenvalue weighted by Crippen LogP contribution is -2.26. The van der Waals surface area contributed by atoms with Crippen LogP contribution in [-0.2, 0) is 6.54 Å². The molecule has 0 radical (unpaired) electrons. The van der Waals surface area contributed by atoms with E-state index < -0.39 is 11.4 Å². The van der Waals surface area contributed by atoms with Gasteiger partial charge in [-0.2, -0.15) is 15.0 Å². The molecule has 12 heteroatoms. The lowest BCUT2D eigenvalue weighted by Gasteiger charge is -2.16. The number of halogens is 1. The number of carbonyl (C=O) groups excluding carboxylic acids is 1. The summed E-state index contributed by atoms with van der Waals surface area (Å²) in [5.74, 6) is -0.690. The third-order valence-electron chi connectivity index (χ3n) is 6.68. The van der Waals surface area contributed by atoms with E-state index in [4.69, 9.17) is 0 Å². The Labute approximate surface area is 250 Å². The number of anilines is 1. The summed E-state index contributed by atoms with van der Waals surface area (Å²) in [7, 11) is 0. The minimum atomic E-state index is -0.904. The van der Waals surface area contributed by atoms with E-state index >= 15 is 0 Å². The molecular formula is C31H40FN9O2. The SMILES string of the molecule is CC.CC.Cc1cc(F)c(-c2nnn(C3CC3)n2)cc1NC(=O)c1cnn2ccc(-c3cn(CC(C)(C)O)nc3C)cc12. The summed E-state index contributed by atoms with van der Waals surface area (Å²) in [6, 6.07) is 6.89.